The van der Waals surface area contributed by atoms with E-state index in [0.717, 1.165) is 30.5 Å². The van der Waals surface area contributed by atoms with Gasteiger partial charge < -0.3 is 20.7 Å². The van der Waals surface area contributed by atoms with E-state index < -0.39 is 29.0 Å². The molecular weight excluding hydrogens is 548 g/mol. The first kappa shape index (κ1) is 26.9. The number of amides is 1. The predicted molar refractivity (Wildman–Crippen MR) is 132 cm³/mol. The topological polar surface area (TPSA) is 74.8 Å². The maximum Gasteiger partial charge on any atom is 0.243 e. The van der Waals surface area contributed by atoms with Crippen molar-refractivity contribution in [1.29, 1.82) is 0 Å². The molecule has 33 heavy (non-hydrogen) atoms. The van der Waals surface area contributed by atoms with Crippen LogP contribution in [0, 0.1) is 30.3 Å². The first-order valence-electron chi connectivity index (χ1n) is 10.4. The Balaban J connectivity index is 0.00000385. The van der Waals surface area contributed by atoms with Crippen molar-refractivity contribution in [3.05, 3.63) is 65.0 Å². The zero-order valence-electron chi connectivity index (χ0n) is 18.5. The van der Waals surface area contributed by atoms with Crippen LogP contribution in [0.25, 0.3) is 0 Å². The van der Waals surface area contributed by atoms with E-state index in [0.29, 0.717) is 19.1 Å². The van der Waals surface area contributed by atoms with Crippen LogP contribution in [0.1, 0.15) is 30.1 Å². The van der Waals surface area contributed by atoms with Crippen molar-refractivity contribution in [1.82, 2.24) is 10.6 Å². The molecule has 2 unspecified atom stereocenters. The number of nitrogens with zero attached hydrogens (tertiary/aromatic N) is 1. The summed E-state index contributed by atoms with van der Waals surface area (Å²) in [5.41, 5.74) is 1.88. The summed E-state index contributed by atoms with van der Waals surface area (Å²) in [5, 5.41) is 8.24. The second-order valence-electron chi connectivity index (χ2n) is 7.68. The van der Waals surface area contributed by atoms with E-state index in [2.05, 4.69) is 45.2 Å². The van der Waals surface area contributed by atoms with Crippen molar-refractivity contribution in [3.63, 3.8) is 0 Å². The zero-order chi connectivity index (χ0) is 23.1. The van der Waals surface area contributed by atoms with Gasteiger partial charge in [-0.15, -0.1) is 24.0 Å². The van der Waals surface area contributed by atoms with Gasteiger partial charge in [0.25, 0.3) is 0 Å². The number of benzene rings is 2. The standard InChI is InChI=1S/C23H27F3N4O2.HI/c1-14-5-7-15(8-6-14)22-16(4-3-11-32-22)12-28-23(27-2)29-13-19(31)30-18-10-9-17(24)20(25)21(18)26;/h5-10,16,22H,3-4,11-13H2,1-2H3,(H,30,31)(H2,27,28,29);1H. The van der Waals surface area contributed by atoms with Crippen LogP contribution in [0.15, 0.2) is 41.4 Å². The van der Waals surface area contributed by atoms with E-state index >= 15 is 0 Å². The molecule has 3 rings (SSSR count). The molecule has 6 nitrogen and oxygen atoms in total. The van der Waals surface area contributed by atoms with Crippen LogP contribution in [0.3, 0.4) is 0 Å². The van der Waals surface area contributed by atoms with Crippen LogP contribution in [-0.2, 0) is 9.53 Å². The summed E-state index contributed by atoms with van der Waals surface area (Å²) in [6, 6.07) is 9.99. The maximum atomic E-state index is 13.7. The summed E-state index contributed by atoms with van der Waals surface area (Å²) >= 11 is 0. The quantitative estimate of drug-likeness (QED) is 0.208. The summed E-state index contributed by atoms with van der Waals surface area (Å²) in [7, 11) is 1.57. The fourth-order valence-electron chi connectivity index (χ4n) is 3.61. The van der Waals surface area contributed by atoms with Crippen LogP contribution < -0.4 is 16.0 Å². The molecule has 0 aromatic heterocycles. The van der Waals surface area contributed by atoms with Crippen molar-refractivity contribution in [2.45, 2.75) is 25.9 Å². The number of carbonyl (C=O) groups is 1. The van der Waals surface area contributed by atoms with Gasteiger partial charge in [0.15, 0.2) is 23.4 Å². The number of halogens is 4. The summed E-state index contributed by atoms with van der Waals surface area (Å²) in [5.74, 6) is -4.42. The number of hydrogen-bond donors (Lipinski definition) is 3. The predicted octanol–water partition coefficient (Wildman–Crippen LogP) is 4.30. The highest BCUT2D eigenvalue weighted by atomic mass is 127. The van der Waals surface area contributed by atoms with Crippen molar-refractivity contribution in [3.8, 4) is 0 Å². The molecule has 0 aliphatic carbocycles. The Hall–Kier alpha value is -2.34. The molecule has 0 saturated carbocycles. The molecule has 180 valence electrons. The van der Waals surface area contributed by atoms with Gasteiger partial charge in [-0.2, -0.15) is 0 Å². The third-order valence-corrected chi connectivity index (χ3v) is 5.33. The van der Waals surface area contributed by atoms with E-state index in [9.17, 15) is 18.0 Å². The third kappa shape index (κ3) is 7.32. The van der Waals surface area contributed by atoms with Gasteiger partial charge in [-0.05, 0) is 37.5 Å². The van der Waals surface area contributed by atoms with Gasteiger partial charge in [-0.1, -0.05) is 29.8 Å². The third-order valence-electron chi connectivity index (χ3n) is 5.33. The molecule has 2 aromatic carbocycles. The molecule has 0 bridgehead atoms. The molecule has 1 heterocycles. The molecule has 3 N–H and O–H groups in total. The molecule has 10 heteroatoms. The monoisotopic (exact) mass is 576 g/mol. The maximum absolute atomic E-state index is 13.7. The molecule has 2 atom stereocenters. The lowest BCUT2D eigenvalue weighted by Crippen LogP contribution is -2.44. The van der Waals surface area contributed by atoms with Crippen molar-refractivity contribution in [2.24, 2.45) is 10.9 Å². The number of nitrogens with one attached hydrogen (secondary N) is 3. The Kier molecular flexibility index (Phi) is 10.4. The largest absolute Gasteiger partial charge is 0.373 e. The van der Waals surface area contributed by atoms with Crippen molar-refractivity contribution in [2.75, 3.05) is 32.1 Å². The lowest BCUT2D eigenvalue weighted by atomic mass is 9.89. The summed E-state index contributed by atoms with van der Waals surface area (Å²) in [6.45, 7) is 3.10. The number of rotatable bonds is 6. The molecule has 1 amide bonds. The molecule has 2 aromatic rings. The number of ether oxygens (including phenoxy) is 1. The van der Waals surface area contributed by atoms with Crippen LogP contribution in [0.5, 0.6) is 0 Å². The van der Waals surface area contributed by atoms with Gasteiger partial charge in [-0.3, -0.25) is 9.79 Å². The van der Waals surface area contributed by atoms with E-state index in [1.54, 1.807) is 7.05 Å². The fraction of sp³-hybridized carbons (Fsp3) is 0.391. The molecule has 1 aliphatic rings. The Labute approximate surface area is 208 Å². The molecule has 0 spiro atoms. The van der Waals surface area contributed by atoms with Gasteiger partial charge >= 0.3 is 0 Å². The number of guanidine groups is 1. The van der Waals surface area contributed by atoms with Crippen LogP contribution in [0.4, 0.5) is 18.9 Å². The number of hydrogen-bond acceptors (Lipinski definition) is 3. The highest BCUT2D eigenvalue weighted by Crippen LogP contribution is 2.33. The van der Waals surface area contributed by atoms with Crippen LogP contribution >= 0.6 is 24.0 Å². The second-order valence-corrected chi connectivity index (χ2v) is 7.68. The number of carbonyl (C=O) groups excluding carboxylic acids is 1. The van der Waals surface area contributed by atoms with Gasteiger partial charge in [0.1, 0.15) is 0 Å². The van der Waals surface area contributed by atoms with E-state index in [4.69, 9.17) is 4.74 Å². The number of aryl methyl sites for hydroxylation is 1. The Morgan fingerprint density at radius 3 is 2.52 bits per heavy atom. The highest BCUT2D eigenvalue weighted by Gasteiger charge is 2.27. The Morgan fingerprint density at radius 2 is 1.82 bits per heavy atom. The molecule has 1 saturated heterocycles. The molecule has 1 fully saturated rings. The lowest BCUT2D eigenvalue weighted by molar-refractivity contribution is -0.115. The molecule has 0 radical (unpaired) electrons. The van der Waals surface area contributed by atoms with Gasteiger partial charge in [-0.25, -0.2) is 13.2 Å². The fourth-order valence-corrected chi connectivity index (χ4v) is 3.61. The second kappa shape index (κ2) is 12.8. The minimum Gasteiger partial charge on any atom is -0.373 e. The first-order chi connectivity index (χ1) is 15.4. The van der Waals surface area contributed by atoms with E-state index in [1.165, 1.54) is 5.56 Å². The SMILES string of the molecule is CN=C(NCC(=O)Nc1ccc(F)c(F)c1F)NCC1CCCOC1c1ccc(C)cc1.I. The summed E-state index contributed by atoms with van der Waals surface area (Å²) in [4.78, 5) is 16.2. The summed E-state index contributed by atoms with van der Waals surface area (Å²) < 4.78 is 46.1. The van der Waals surface area contributed by atoms with E-state index in [1.807, 2.05) is 6.92 Å². The number of anilines is 1. The van der Waals surface area contributed by atoms with Crippen molar-refractivity contribution >= 4 is 41.5 Å². The van der Waals surface area contributed by atoms with Crippen LogP contribution in [0.2, 0.25) is 0 Å². The number of aliphatic imine (C=N–C) groups is 1. The highest BCUT2D eigenvalue weighted by molar-refractivity contribution is 14.0. The first-order valence-corrected chi connectivity index (χ1v) is 10.4. The average Bonchev–Trinajstić information content (AvgIpc) is 2.80. The average molecular weight is 576 g/mol. The smallest absolute Gasteiger partial charge is 0.243 e. The van der Waals surface area contributed by atoms with Crippen molar-refractivity contribution < 1.29 is 22.7 Å². The molecule has 1 aliphatic heterocycles. The van der Waals surface area contributed by atoms with Crippen LogP contribution in [-0.4, -0.2) is 38.6 Å². The normalized spacial score (nSPS) is 18.3. The van der Waals surface area contributed by atoms with E-state index in [-0.39, 0.29) is 42.5 Å². The molecular formula is C23H28F3IN4O2. The minimum absolute atomic E-state index is 0. The van der Waals surface area contributed by atoms with Gasteiger partial charge in [0.2, 0.25) is 5.91 Å². The summed E-state index contributed by atoms with van der Waals surface area (Å²) in [6.07, 6.45) is 1.91. The minimum atomic E-state index is -1.63. The van der Waals surface area contributed by atoms with Gasteiger partial charge in [0, 0.05) is 26.1 Å². The lowest BCUT2D eigenvalue weighted by Gasteiger charge is -2.32. The Bertz CT molecular complexity index is 973. The Morgan fingerprint density at radius 1 is 1.09 bits per heavy atom. The zero-order valence-corrected chi connectivity index (χ0v) is 20.8. The van der Waals surface area contributed by atoms with Gasteiger partial charge in [0.05, 0.1) is 18.3 Å².